The average Bonchev–Trinajstić information content (AvgIpc) is 2.04. The van der Waals surface area contributed by atoms with E-state index in [0.717, 1.165) is 13.1 Å². The van der Waals surface area contributed by atoms with Crippen LogP contribution in [0.1, 0.15) is 13.8 Å². The summed E-state index contributed by atoms with van der Waals surface area (Å²) in [5, 5.41) is 11.3. The third-order valence-corrected chi connectivity index (χ3v) is 2.27. The highest BCUT2D eigenvalue weighted by molar-refractivity contribution is 4.70. The number of nitrogens with zero attached hydrogens (tertiary/aromatic N) is 3. The quantitative estimate of drug-likeness (QED) is 0.487. The minimum atomic E-state index is -0.509. The zero-order valence-corrected chi connectivity index (χ0v) is 8.06. The highest BCUT2D eigenvalue weighted by atomic mass is 16.7. The van der Waals surface area contributed by atoms with Crippen LogP contribution in [0, 0.1) is 10.1 Å². The first kappa shape index (κ1) is 10.2. The molecule has 1 N–H and O–H groups in total. The van der Waals surface area contributed by atoms with Gasteiger partial charge in [0.05, 0.1) is 0 Å². The summed E-state index contributed by atoms with van der Waals surface area (Å²) < 4.78 is 0. The molecule has 0 aromatic heterocycles. The predicted molar refractivity (Wildman–Crippen MR) is 48.4 cm³/mol. The third-order valence-electron chi connectivity index (χ3n) is 2.27. The SMILES string of the molecule is CC(C)N1CCN(N[N+](=O)[O-])CC1. The number of nitrogens with one attached hydrogen (secondary N) is 1. The second kappa shape index (κ2) is 4.38. The van der Waals surface area contributed by atoms with Crippen molar-refractivity contribution in [1.29, 1.82) is 0 Å². The first-order valence-electron chi connectivity index (χ1n) is 4.49. The van der Waals surface area contributed by atoms with Crippen LogP contribution in [0.2, 0.25) is 0 Å². The van der Waals surface area contributed by atoms with Gasteiger partial charge in [-0.15, -0.1) is 0 Å². The van der Waals surface area contributed by atoms with Crippen molar-refractivity contribution in [2.24, 2.45) is 0 Å². The number of hydrogen-bond donors (Lipinski definition) is 1. The van der Waals surface area contributed by atoms with Gasteiger partial charge in [-0.25, -0.2) is 10.1 Å². The van der Waals surface area contributed by atoms with E-state index in [2.05, 4.69) is 24.3 Å². The van der Waals surface area contributed by atoms with Gasteiger partial charge >= 0.3 is 0 Å². The smallest absolute Gasteiger partial charge is 0.173 e. The molecule has 0 bridgehead atoms. The van der Waals surface area contributed by atoms with Crippen LogP contribution in [0.5, 0.6) is 0 Å². The first-order valence-corrected chi connectivity index (χ1v) is 4.49. The molecular weight excluding hydrogens is 172 g/mol. The second-order valence-corrected chi connectivity index (χ2v) is 3.47. The van der Waals surface area contributed by atoms with Crippen LogP contribution in [-0.2, 0) is 0 Å². The van der Waals surface area contributed by atoms with Crippen LogP contribution in [0.15, 0.2) is 0 Å². The zero-order valence-electron chi connectivity index (χ0n) is 8.06. The predicted octanol–water partition coefficient (Wildman–Crippen LogP) is -0.291. The summed E-state index contributed by atoms with van der Waals surface area (Å²) in [7, 11) is 0. The Labute approximate surface area is 77.6 Å². The lowest BCUT2D eigenvalue weighted by atomic mass is 10.2. The van der Waals surface area contributed by atoms with E-state index < -0.39 is 5.03 Å². The first-order chi connectivity index (χ1) is 6.09. The molecule has 1 aliphatic rings. The lowest BCUT2D eigenvalue weighted by molar-refractivity contribution is -0.579. The van der Waals surface area contributed by atoms with Gasteiger partial charge in [0.1, 0.15) is 0 Å². The van der Waals surface area contributed by atoms with E-state index in [4.69, 9.17) is 0 Å². The Bertz CT molecular complexity index is 177. The lowest BCUT2D eigenvalue weighted by Crippen LogP contribution is -2.54. The topological polar surface area (TPSA) is 61.6 Å². The molecule has 1 fully saturated rings. The molecule has 1 rings (SSSR count). The molecule has 76 valence electrons. The molecule has 6 heteroatoms. The Balaban J connectivity index is 2.26. The average molecular weight is 188 g/mol. The molecule has 1 aliphatic heterocycles. The Kier molecular flexibility index (Phi) is 3.44. The fourth-order valence-corrected chi connectivity index (χ4v) is 1.45. The monoisotopic (exact) mass is 188 g/mol. The summed E-state index contributed by atoms with van der Waals surface area (Å²) in [6, 6.07) is 0.526. The summed E-state index contributed by atoms with van der Waals surface area (Å²) in [5.41, 5.74) is 2.17. The molecule has 0 aliphatic carbocycles. The molecule has 6 nitrogen and oxygen atoms in total. The van der Waals surface area contributed by atoms with Crippen molar-refractivity contribution in [3.63, 3.8) is 0 Å². The standard InChI is InChI=1S/C7H16N4O2/c1-7(2)9-3-5-10(6-4-9)8-11(12)13/h7-8H,3-6H2,1-2H3. The van der Waals surface area contributed by atoms with Gasteiger partial charge in [0, 0.05) is 32.2 Å². The maximum Gasteiger partial charge on any atom is 0.173 e. The molecule has 0 spiro atoms. The molecule has 1 saturated heterocycles. The van der Waals surface area contributed by atoms with Gasteiger partial charge in [0.15, 0.2) is 5.03 Å². The van der Waals surface area contributed by atoms with Crippen LogP contribution in [0.4, 0.5) is 0 Å². The van der Waals surface area contributed by atoms with Crippen molar-refractivity contribution < 1.29 is 5.03 Å². The van der Waals surface area contributed by atoms with Gasteiger partial charge in [0.2, 0.25) is 0 Å². The highest BCUT2D eigenvalue weighted by Gasteiger charge is 2.20. The van der Waals surface area contributed by atoms with E-state index in [9.17, 15) is 10.1 Å². The van der Waals surface area contributed by atoms with Crippen LogP contribution in [0.25, 0.3) is 0 Å². The van der Waals surface area contributed by atoms with Crippen molar-refractivity contribution in [2.75, 3.05) is 26.2 Å². The molecule has 0 saturated carbocycles. The third kappa shape index (κ3) is 3.16. The van der Waals surface area contributed by atoms with Crippen molar-refractivity contribution >= 4 is 0 Å². The number of rotatable bonds is 3. The maximum atomic E-state index is 10.1. The van der Waals surface area contributed by atoms with Crippen LogP contribution < -0.4 is 5.53 Å². The van der Waals surface area contributed by atoms with E-state index in [1.165, 1.54) is 0 Å². The van der Waals surface area contributed by atoms with Crippen molar-refractivity contribution in [1.82, 2.24) is 15.4 Å². The summed E-state index contributed by atoms with van der Waals surface area (Å²) >= 11 is 0. The van der Waals surface area contributed by atoms with Crippen LogP contribution in [-0.4, -0.2) is 47.2 Å². The highest BCUT2D eigenvalue weighted by Crippen LogP contribution is 2.03. The fourth-order valence-electron chi connectivity index (χ4n) is 1.45. The molecule has 0 aromatic rings. The molecule has 0 amide bonds. The van der Waals surface area contributed by atoms with E-state index >= 15 is 0 Å². The van der Waals surface area contributed by atoms with E-state index in [1.807, 2.05) is 0 Å². The molecule has 0 unspecified atom stereocenters. The van der Waals surface area contributed by atoms with Crippen molar-refractivity contribution in [3.8, 4) is 0 Å². The molecule has 13 heavy (non-hydrogen) atoms. The Morgan fingerprint density at radius 1 is 1.31 bits per heavy atom. The van der Waals surface area contributed by atoms with Gasteiger partial charge in [-0.1, -0.05) is 5.53 Å². The largest absolute Gasteiger partial charge is 0.298 e. The normalized spacial score (nSPS) is 20.5. The summed E-state index contributed by atoms with van der Waals surface area (Å²) in [4.78, 5) is 12.4. The fraction of sp³-hybridized carbons (Fsp3) is 1.00. The lowest BCUT2D eigenvalue weighted by Gasteiger charge is -2.34. The van der Waals surface area contributed by atoms with Gasteiger partial charge in [-0.3, -0.25) is 4.90 Å². The van der Waals surface area contributed by atoms with Crippen molar-refractivity contribution in [3.05, 3.63) is 10.1 Å². The van der Waals surface area contributed by atoms with Gasteiger partial charge < -0.3 is 0 Å². The van der Waals surface area contributed by atoms with Gasteiger partial charge in [0.25, 0.3) is 0 Å². The zero-order chi connectivity index (χ0) is 9.84. The number of hydrogen-bond acceptors (Lipinski definition) is 4. The van der Waals surface area contributed by atoms with E-state index in [1.54, 1.807) is 5.01 Å². The summed E-state index contributed by atoms with van der Waals surface area (Å²) in [6.45, 7) is 7.46. The maximum absolute atomic E-state index is 10.1. The number of hydrazine groups is 2. The van der Waals surface area contributed by atoms with Crippen molar-refractivity contribution in [2.45, 2.75) is 19.9 Å². The summed E-state index contributed by atoms with van der Waals surface area (Å²) in [6.07, 6.45) is 0. The number of piperazine rings is 1. The van der Waals surface area contributed by atoms with Crippen LogP contribution in [0.3, 0.4) is 0 Å². The molecule has 0 atom stereocenters. The Morgan fingerprint density at radius 3 is 2.23 bits per heavy atom. The second-order valence-electron chi connectivity index (χ2n) is 3.47. The summed E-state index contributed by atoms with van der Waals surface area (Å²) in [5.74, 6) is 0. The van der Waals surface area contributed by atoms with E-state index in [-0.39, 0.29) is 0 Å². The number of nitro groups is 1. The minimum Gasteiger partial charge on any atom is -0.298 e. The van der Waals surface area contributed by atoms with Gasteiger partial charge in [-0.05, 0) is 13.8 Å². The molecule has 0 aromatic carbocycles. The minimum absolute atomic E-state index is 0.509. The Morgan fingerprint density at radius 2 is 1.85 bits per heavy atom. The molecule has 0 radical (unpaired) electrons. The van der Waals surface area contributed by atoms with Gasteiger partial charge in [-0.2, -0.15) is 5.01 Å². The Hall–Kier alpha value is -0.880. The molecule has 1 heterocycles. The van der Waals surface area contributed by atoms with Crippen LogP contribution >= 0.6 is 0 Å². The van der Waals surface area contributed by atoms with E-state index in [0.29, 0.717) is 19.1 Å². The molecular formula is C7H16N4O2.